The highest BCUT2D eigenvalue weighted by atomic mass is 79.9. The van der Waals surface area contributed by atoms with E-state index in [9.17, 15) is 0 Å². The number of nitrogens with one attached hydrogen (secondary N) is 1. The van der Waals surface area contributed by atoms with E-state index < -0.39 is 0 Å². The Hall–Kier alpha value is -0.580. The van der Waals surface area contributed by atoms with Crippen LogP contribution in [0.4, 0.5) is 0 Å². The highest BCUT2D eigenvalue weighted by molar-refractivity contribution is 9.10. The average Bonchev–Trinajstić information content (AvgIpc) is 2.45. The number of nitrogens with zero attached hydrogens (tertiary/aromatic N) is 1. The van der Waals surface area contributed by atoms with Gasteiger partial charge in [-0.15, -0.1) is 0 Å². The van der Waals surface area contributed by atoms with Gasteiger partial charge in [0.15, 0.2) is 0 Å². The number of hydrogen-bond donors (Lipinski definition) is 1. The smallest absolute Gasteiger partial charge is 0.136 e. The van der Waals surface area contributed by atoms with Crippen LogP contribution in [0.15, 0.2) is 16.6 Å². The van der Waals surface area contributed by atoms with E-state index in [4.69, 9.17) is 4.74 Å². The molecule has 0 aliphatic carbocycles. The van der Waals surface area contributed by atoms with E-state index in [1.807, 2.05) is 0 Å². The van der Waals surface area contributed by atoms with Gasteiger partial charge in [0.05, 0.1) is 11.6 Å². The number of piperazine rings is 1. The number of rotatable bonds is 5. The fraction of sp³-hybridized carbons (Fsp3) is 0.625. The Morgan fingerprint density at radius 1 is 1.30 bits per heavy atom. The molecule has 1 aliphatic rings. The van der Waals surface area contributed by atoms with Gasteiger partial charge in [-0.1, -0.05) is 19.9 Å². The van der Waals surface area contributed by atoms with E-state index in [2.05, 4.69) is 52.1 Å². The summed E-state index contributed by atoms with van der Waals surface area (Å²) in [5.41, 5.74) is 2.68. The molecule has 0 atom stereocenters. The highest BCUT2D eigenvalue weighted by Gasteiger charge is 2.14. The topological polar surface area (TPSA) is 24.5 Å². The number of benzene rings is 1. The zero-order valence-electron chi connectivity index (χ0n) is 12.7. The Morgan fingerprint density at radius 2 is 2.00 bits per heavy atom. The fourth-order valence-corrected chi connectivity index (χ4v) is 3.37. The molecule has 1 aromatic rings. The lowest BCUT2D eigenvalue weighted by Gasteiger charge is -2.27. The quantitative estimate of drug-likeness (QED) is 0.891. The van der Waals surface area contributed by atoms with Crippen molar-refractivity contribution >= 4 is 15.9 Å². The summed E-state index contributed by atoms with van der Waals surface area (Å²) in [5.74, 6) is 1.45. The van der Waals surface area contributed by atoms with Gasteiger partial charge in [0.2, 0.25) is 0 Å². The third-order valence-electron chi connectivity index (χ3n) is 3.88. The molecule has 1 aliphatic heterocycles. The zero-order valence-corrected chi connectivity index (χ0v) is 14.3. The standard InChI is InChI=1S/C16H25BrN2O/c1-12(2)14-10-13(11-15(17)16(14)20-3)4-7-19-8-5-18-6-9-19/h10-12,18H,4-9H2,1-3H3. The van der Waals surface area contributed by atoms with Crippen molar-refractivity contribution in [3.63, 3.8) is 0 Å². The summed E-state index contributed by atoms with van der Waals surface area (Å²) < 4.78 is 6.59. The van der Waals surface area contributed by atoms with Gasteiger partial charge < -0.3 is 15.0 Å². The maximum absolute atomic E-state index is 5.52. The maximum atomic E-state index is 5.52. The lowest BCUT2D eigenvalue weighted by molar-refractivity contribution is 0.244. The van der Waals surface area contributed by atoms with Gasteiger partial charge in [-0.3, -0.25) is 0 Å². The van der Waals surface area contributed by atoms with E-state index in [0.29, 0.717) is 5.92 Å². The number of halogens is 1. The molecule has 1 aromatic carbocycles. The van der Waals surface area contributed by atoms with Crippen LogP contribution in [-0.2, 0) is 6.42 Å². The van der Waals surface area contributed by atoms with Crippen molar-refractivity contribution in [1.29, 1.82) is 0 Å². The van der Waals surface area contributed by atoms with E-state index in [-0.39, 0.29) is 0 Å². The summed E-state index contributed by atoms with van der Waals surface area (Å²) >= 11 is 3.64. The van der Waals surface area contributed by atoms with Gasteiger partial charge >= 0.3 is 0 Å². The first-order valence-electron chi connectivity index (χ1n) is 7.41. The summed E-state index contributed by atoms with van der Waals surface area (Å²) in [5, 5.41) is 3.40. The Balaban J connectivity index is 2.07. The van der Waals surface area contributed by atoms with Gasteiger partial charge in [-0.25, -0.2) is 0 Å². The van der Waals surface area contributed by atoms with Crippen molar-refractivity contribution in [2.24, 2.45) is 0 Å². The molecule has 0 saturated carbocycles. The minimum Gasteiger partial charge on any atom is -0.495 e. The lowest BCUT2D eigenvalue weighted by Crippen LogP contribution is -2.44. The highest BCUT2D eigenvalue weighted by Crippen LogP contribution is 2.35. The van der Waals surface area contributed by atoms with Gasteiger partial charge in [0.25, 0.3) is 0 Å². The Kier molecular flexibility index (Phi) is 5.87. The molecule has 4 heteroatoms. The molecule has 2 rings (SSSR count). The van der Waals surface area contributed by atoms with Crippen LogP contribution in [0.5, 0.6) is 5.75 Å². The van der Waals surface area contributed by atoms with Crippen molar-refractivity contribution in [1.82, 2.24) is 10.2 Å². The van der Waals surface area contributed by atoms with E-state index >= 15 is 0 Å². The predicted octanol–water partition coefficient (Wildman–Crippen LogP) is 3.03. The summed E-state index contributed by atoms with van der Waals surface area (Å²) in [6.07, 6.45) is 1.10. The molecule has 3 nitrogen and oxygen atoms in total. The molecule has 1 fully saturated rings. The first-order valence-corrected chi connectivity index (χ1v) is 8.20. The molecule has 20 heavy (non-hydrogen) atoms. The number of methoxy groups -OCH3 is 1. The Bertz CT molecular complexity index is 442. The Morgan fingerprint density at radius 3 is 2.60 bits per heavy atom. The second kappa shape index (κ2) is 7.43. The van der Waals surface area contributed by atoms with Crippen LogP contribution >= 0.6 is 15.9 Å². The molecule has 1 heterocycles. The SMILES string of the molecule is COc1c(Br)cc(CCN2CCNCC2)cc1C(C)C. The lowest BCUT2D eigenvalue weighted by atomic mass is 9.98. The molecule has 1 N–H and O–H groups in total. The minimum atomic E-state index is 0.473. The van der Waals surface area contributed by atoms with Crippen molar-refractivity contribution in [2.75, 3.05) is 39.8 Å². The van der Waals surface area contributed by atoms with Crippen LogP contribution in [0, 0.1) is 0 Å². The van der Waals surface area contributed by atoms with Crippen LogP contribution < -0.4 is 10.1 Å². The first kappa shape index (κ1) is 15.8. The molecule has 0 bridgehead atoms. The predicted molar refractivity (Wildman–Crippen MR) is 87.8 cm³/mol. The van der Waals surface area contributed by atoms with Crippen LogP contribution in [0.1, 0.15) is 30.9 Å². The van der Waals surface area contributed by atoms with Crippen molar-refractivity contribution in [3.8, 4) is 5.75 Å². The van der Waals surface area contributed by atoms with E-state index in [0.717, 1.165) is 49.4 Å². The normalized spacial score (nSPS) is 16.6. The minimum absolute atomic E-state index is 0.473. The van der Waals surface area contributed by atoms with Crippen molar-refractivity contribution in [3.05, 3.63) is 27.7 Å². The fourth-order valence-electron chi connectivity index (χ4n) is 2.68. The van der Waals surface area contributed by atoms with Crippen LogP contribution in [0.3, 0.4) is 0 Å². The number of ether oxygens (including phenoxy) is 1. The first-order chi connectivity index (χ1) is 9.61. The summed E-state index contributed by atoms with van der Waals surface area (Å²) in [6, 6.07) is 4.50. The summed E-state index contributed by atoms with van der Waals surface area (Å²) in [6.45, 7) is 10.1. The van der Waals surface area contributed by atoms with Crippen molar-refractivity contribution < 1.29 is 4.74 Å². The van der Waals surface area contributed by atoms with Crippen LogP contribution in [-0.4, -0.2) is 44.7 Å². The monoisotopic (exact) mass is 340 g/mol. The average molecular weight is 341 g/mol. The molecule has 112 valence electrons. The maximum Gasteiger partial charge on any atom is 0.136 e. The Labute approximate surface area is 130 Å². The molecular formula is C16H25BrN2O. The molecule has 0 aromatic heterocycles. The van der Waals surface area contributed by atoms with Crippen LogP contribution in [0.25, 0.3) is 0 Å². The van der Waals surface area contributed by atoms with Gasteiger partial charge in [-0.2, -0.15) is 0 Å². The number of hydrogen-bond acceptors (Lipinski definition) is 3. The van der Waals surface area contributed by atoms with Gasteiger partial charge in [0, 0.05) is 32.7 Å². The largest absolute Gasteiger partial charge is 0.495 e. The molecular weight excluding hydrogens is 316 g/mol. The second-order valence-corrected chi connectivity index (χ2v) is 6.55. The second-order valence-electron chi connectivity index (χ2n) is 5.70. The molecule has 1 saturated heterocycles. The van der Waals surface area contributed by atoms with Gasteiger partial charge in [0.1, 0.15) is 5.75 Å². The zero-order chi connectivity index (χ0) is 14.5. The van der Waals surface area contributed by atoms with Crippen molar-refractivity contribution in [2.45, 2.75) is 26.2 Å². The summed E-state index contributed by atoms with van der Waals surface area (Å²) in [7, 11) is 1.74. The van der Waals surface area contributed by atoms with Gasteiger partial charge in [-0.05, 0) is 45.5 Å². The van der Waals surface area contributed by atoms with Crippen LogP contribution in [0.2, 0.25) is 0 Å². The third kappa shape index (κ3) is 3.96. The molecule has 0 radical (unpaired) electrons. The van der Waals surface area contributed by atoms with E-state index in [1.54, 1.807) is 7.11 Å². The summed E-state index contributed by atoms with van der Waals surface area (Å²) in [4.78, 5) is 2.53. The molecule has 0 spiro atoms. The van der Waals surface area contributed by atoms with E-state index in [1.165, 1.54) is 11.1 Å². The molecule has 0 unspecified atom stereocenters. The molecule has 0 amide bonds. The third-order valence-corrected chi connectivity index (χ3v) is 4.47.